The molecule has 0 spiro atoms. The van der Waals surface area contributed by atoms with E-state index < -0.39 is 22.0 Å². The quantitative estimate of drug-likeness (QED) is 0.651. The summed E-state index contributed by atoms with van der Waals surface area (Å²) in [5.74, 6) is -0.599. The lowest BCUT2D eigenvalue weighted by atomic mass is 10.1. The van der Waals surface area contributed by atoms with Gasteiger partial charge in [-0.15, -0.1) is 0 Å². The first-order chi connectivity index (χ1) is 13.9. The highest BCUT2D eigenvalue weighted by Crippen LogP contribution is 2.21. The van der Waals surface area contributed by atoms with Gasteiger partial charge in [0.2, 0.25) is 10.0 Å². The molecule has 1 aliphatic heterocycles. The Balaban J connectivity index is 1.81. The second-order valence-corrected chi connectivity index (χ2v) is 9.54. The van der Waals surface area contributed by atoms with Crippen LogP contribution in [0.15, 0.2) is 54.6 Å². The fourth-order valence-electron chi connectivity index (χ4n) is 3.47. The van der Waals surface area contributed by atoms with Crippen molar-refractivity contribution < 1.29 is 17.9 Å². The zero-order valence-corrected chi connectivity index (χ0v) is 17.9. The Labute approximate surface area is 177 Å². The van der Waals surface area contributed by atoms with Crippen molar-refractivity contribution in [2.24, 2.45) is 0 Å². The number of carbonyl (C=O) groups excluding carboxylic acids is 1. The summed E-state index contributed by atoms with van der Waals surface area (Å²) < 4.78 is 32.2. The lowest BCUT2D eigenvalue weighted by Gasteiger charge is -2.28. The molecule has 0 N–H and O–H groups in total. The average molecular weight is 437 g/mol. The van der Waals surface area contributed by atoms with Crippen molar-refractivity contribution in [3.05, 3.63) is 70.7 Å². The number of esters is 1. The molecule has 6 nitrogen and oxygen atoms in total. The molecule has 1 unspecified atom stereocenters. The number of methoxy groups -OCH3 is 1. The fourth-order valence-corrected chi connectivity index (χ4v) is 5.29. The SMILES string of the molecule is COC(=O)C1CN(CCc2ccccc2)CCS(=O)(=O)N1Cc1cccc(Cl)c1. The van der Waals surface area contributed by atoms with Gasteiger partial charge >= 0.3 is 5.97 Å². The van der Waals surface area contributed by atoms with Crippen LogP contribution >= 0.6 is 11.6 Å². The van der Waals surface area contributed by atoms with E-state index in [1.165, 1.54) is 17.0 Å². The van der Waals surface area contributed by atoms with Gasteiger partial charge in [-0.1, -0.05) is 54.1 Å². The smallest absolute Gasteiger partial charge is 0.325 e. The van der Waals surface area contributed by atoms with E-state index in [0.717, 1.165) is 12.0 Å². The molecule has 2 aromatic carbocycles. The molecule has 0 aromatic heterocycles. The molecular formula is C21H25ClN2O4S. The van der Waals surface area contributed by atoms with Gasteiger partial charge in [-0.2, -0.15) is 4.31 Å². The molecule has 0 amide bonds. The van der Waals surface area contributed by atoms with Crippen LogP contribution in [0.3, 0.4) is 0 Å². The van der Waals surface area contributed by atoms with Gasteiger partial charge in [-0.25, -0.2) is 8.42 Å². The molecule has 0 radical (unpaired) electrons. The number of sulfonamides is 1. The molecule has 1 aliphatic rings. The Hall–Kier alpha value is -1.93. The molecule has 29 heavy (non-hydrogen) atoms. The van der Waals surface area contributed by atoms with Crippen molar-refractivity contribution in [2.45, 2.75) is 19.0 Å². The molecule has 2 aromatic rings. The summed E-state index contributed by atoms with van der Waals surface area (Å²) in [5, 5.41) is 0.522. The molecule has 0 bridgehead atoms. The van der Waals surface area contributed by atoms with Crippen LogP contribution in [0.1, 0.15) is 11.1 Å². The van der Waals surface area contributed by atoms with Crippen molar-refractivity contribution in [1.29, 1.82) is 0 Å². The first-order valence-corrected chi connectivity index (χ1v) is 11.5. The number of hydrogen-bond acceptors (Lipinski definition) is 5. The third kappa shape index (κ3) is 5.79. The summed E-state index contributed by atoms with van der Waals surface area (Å²) >= 11 is 6.05. The second kappa shape index (κ2) is 9.71. The Morgan fingerprint density at radius 2 is 1.86 bits per heavy atom. The maximum atomic E-state index is 13.0. The van der Waals surface area contributed by atoms with Gasteiger partial charge < -0.3 is 4.74 Å². The Bertz CT molecular complexity index is 937. The van der Waals surface area contributed by atoms with Gasteiger partial charge in [0, 0.05) is 31.2 Å². The number of ether oxygens (including phenoxy) is 1. The van der Waals surface area contributed by atoms with E-state index in [1.807, 2.05) is 35.2 Å². The molecular weight excluding hydrogens is 412 g/mol. The second-order valence-electron chi connectivity index (χ2n) is 7.07. The van der Waals surface area contributed by atoms with Crippen LogP contribution in [0.4, 0.5) is 0 Å². The lowest BCUT2D eigenvalue weighted by molar-refractivity contribution is -0.145. The van der Waals surface area contributed by atoms with Crippen molar-refractivity contribution in [3.8, 4) is 0 Å². The number of rotatable bonds is 6. The Morgan fingerprint density at radius 3 is 2.55 bits per heavy atom. The van der Waals surface area contributed by atoms with E-state index in [2.05, 4.69) is 0 Å². The largest absolute Gasteiger partial charge is 0.468 e. The van der Waals surface area contributed by atoms with Crippen LogP contribution in [-0.4, -0.2) is 62.1 Å². The highest BCUT2D eigenvalue weighted by molar-refractivity contribution is 7.89. The summed E-state index contributed by atoms with van der Waals surface area (Å²) in [6, 6.07) is 16.1. The van der Waals surface area contributed by atoms with E-state index in [1.54, 1.807) is 24.3 Å². The van der Waals surface area contributed by atoms with E-state index in [9.17, 15) is 13.2 Å². The average Bonchev–Trinajstić information content (AvgIpc) is 2.83. The van der Waals surface area contributed by atoms with E-state index in [4.69, 9.17) is 16.3 Å². The summed E-state index contributed by atoms with van der Waals surface area (Å²) in [7, 11) is -2.36. The van der Waals surface area contributed by atoms with E-state index in [-0.39, 0.29) is 12.3 Å². The summed E-state index contributed by atoms with van der Waals surface area (Å²) in [6.07, 6.45) is 0.781. The summed E-state index contributed by atoms with van der Waals surface area (Å²) in [4.78, 5) is 14.5. The zero-order valence-electron chi connectivity index (χ0n) is 16.3. The topological polar surface area (TPSA) is 66.9 Å². The third-order valence-corrected chi connectivity index (χ3v) is 7.09. The van der Waals surface area contributed by atoms with Crippen LogP contribution in [0.25, 0.3) is 0 Å². The number of hydrogen-bond donors (Lipinski definition) is 0. The van der Waals surface area contributed by atoms with Crippen molar-refractivity contribution in [1.82, 2.24) is 9.21 Å². The normalized spacial score (nSPS) is 20.1. The standard InChI is InChI=1S/C21H25ClN2O4S/c1-28-21(25)20-16-23(11-10-17-6-3-2-4-7-17)12-13-29(26,27)24(20)15-18-8-5-9-19(22)14-18/h2-9,14,20H,10-13,15-16H2,1H3. The van der Waals surface area contributed by atoms with Gasteiger partial charge in [0.1, 0.15) is 6.04 Å². The molecule has 1 atom stereocenters. The molecule has 0 aliphatic carbocycles. The molecule has 8 heteroatoms. The van der Waals surface area contributed by atoms with Crippen molar-refractivity contribution in [3.63, 3.8) is 0 Å². The Kier molecular flexibility index (Phi) is 7.29. The van der Waals surface area contributed by atoms with E-state index >= 15 is 0 Å². The number of carbonyl (C=O) groups is 1. The van der Waals surface area contributed by atoms with Gasteiger partial charge in [-0.05, 0) is 29.7 Å². The third-order valence-electron chi connectivity index (χ3n) is 5.06. The minimum absolute atomic E-state index is 0.0458. The molecule has 156 valence electrons. The van der Waals surface area contributed by atoms with Gasteiger partial charge in [0.25, 0.3) is 0 Å². The van der Waals surface area contributed by atoms with E-state index in [0.29, 0.717) is 24.7 Å². The first-order valence-electron chi connectivity index (χ1n) is 9.47. The minimum Gasteiger partial charge on any atom is -0.468 e. The van der Waals surface area contributed by atoms with Crippen molar-refractivity contribution >= 4 is 27.6 Å². The highest BCUT2D eigenvalue weighted by atomic mass is 35.5. The van der Waals surface area contributed by atoms with Crippen LogP contribution < -0.4 is 0 Å². The molecule has 1 fully saturated rings. The van der Waals surface area contributed by atoms with Crippen molar-refractivity contribution in [2.75, 3.05) is 32.5 Å². The maximum absolute atomic E-state index is 13.0. The fraction of sp³-hybridized carbons (Fsp3) is 0.381. The predicted octanol–water partition coefficient (Wildman–Crippen LogP) is 2.57. The van der Waals surface area contributed by atoms with Crippen LogP contribution in [-0.2, 0) is 32.5 Å². The molecule has 1 heterocycles. The zero-order chi connectivity index (χ0) is 20.9. The summed E-state index contributed by atoms with van der Waals surface area (Å²) in [5.41, 5.74) is 1.90. The molecule has 0 saturated carbocycles. The van der Waals surface area contributed by atoms with Gasteiger partial charge in [0.05, 0.1) is 12.9 Å². The van der Waals surface area contributed by atoms with Crippen LogP contribution in [0.5, 0.6) is 0 Å². The first kappa shape index (κ1) is 21.8. The molecule has 1 saturated heterocycles. The van der Waals surface area contributed by atoms with Gasteiger partial charge in [-0.3, -0.25) is 9.69 Å². The van der Waals surface area contributed by atoms with Gasteiger partial charge in [0.15, 0.2) is 0 Å². The number of nitrogens with zero attached hydrogens (tertiary/aromatic N) is 2. The Morgan fingerprint density at radius 1 is 1.14 bits per heavy atom. The maximum Gasteiger partial charge on any atom is 0.325 e. The van der Waals surface area contributed by atoms with Crippen LogP contribution in [0, 0.1) is 0 Å². The summed E-state index contributed by atoms with van der Waals surface area (Å²) in [6.45, 7) is 1.40. The monoisotopic (exact) mass is 436 g/mol. The van der Waals surface area contributed by atoms with Crippen LogP contribution in [0.2, 0.25) is 5.02 Å². The molecule has 3 rings (SSSR count). The lowest BCUT2D eigenvalue weighted by Crippen LogP contribution is -2.48. The number of halogens is 1. The minimum atomic E-state index is -3.64. The predicted molar refractivity (Wildman–Crippen MR) is 113 cm³/mol. The number of benzene rings is 2. The highest BCUT2D eigenvalue weighted by Gasteiger charge is 2.39.